The Morgan fingerprint density at radius 2 is 1.97 bits per heavy atom. The molecule has 150 valence electrons. The minimum Gasteiger partial charge on any atom is -0.439 e. The van der Waals surface area contributed by atoms with E-state index in [2.05, 4.69) is 20.3 Å². The van der Waals surface area contributed by atoms with Crippen molar-refractivity contribution in [1.29, 1.82) is 0 Å². The van der Waals surface area contributed by atoms with E-state index >= 15 is 0 Å². The SMILES string of the molecule is Cc1nc(Oc2ccc(NC(=O)c3c(F)cccc3Cl)cc2)cc(-n2ccnc2)n1. The Morgan fingerprint density at radius 1 is 1.17 bits per heavy atom. The average Bonchev–Trinajstić information content (AvgIpc) is 3.24. The molecular formula is C21H15ClFN5O2. The molecule has 30 heavy (non-hydrogen) atoms. The Morgan fingerprint density at radius 3 is 2.67 bits per heavy atom. The van der Waals surface area contributed by atoms with Crippen molar-refractivity contribution in [1.82, 2.24) is 19.5 Å². The van der Waals surface area contributed by atoms with Crippen LogP contribution in [0.4, 0.5) is 10.1 Å². The lowest BCUT2D eigenvalue weighted by atomic mass is 10.2. The number of aryl methyl sites for hydroxylation is 1. The van der Waals surface area contributed by atoms with E-state index in [9.17, 15) is 9.18 Å². The standard InChI is InChI=1S/C21H15ClFN5O2/c1-13-25-18(28-10-9-24-12-28)11-19(26-13)30-15-7-5-14(6-8-15)27-21(29)20-16(22)3-2-4-17(20)23/h2-12H,1H3,(H,27,29). The highest BCUT2D eigenvalue weighted by molar-refractivity contribution is 6.34. The van der Waals surface area contributed by atoms with Gasteiger partial charge in [0.15, 0.2) is 0 Å². The van der Waals surface area contributed by atoms with Crippen molar-refractivity contribution in [3.05, 3.63) is 89.5 Å². The van der Waals surface area contributed by atoms with Crippen LogP contribution in [0.3, 0.4) is 0 Å². The largest absolute Gasteiger partial charge is 0.439 e. The van der Waals surface area contributed by atoms with Crippen LogP contribution in [0.1, 0.15) is 16.2 Å². The molecule has 0 aliphatic carbocycles. The van der Waals surface area contributed by atoms with Crippen molar-refractivity contribution in [2.45, 2.75) is 6.92 Å². The van der Waals surface area contributed by atoms with Crippen LogP contribution in [0, 0.1) is 12.7 Å². The number of halogens is 2. The molecule has 0 unspecified atom stereocenters. The molecule has 2 aromatic carbocycles. The molecule has 0 bridgehead atoms. The lowest BCUT2D eigenvalue weighted by Crippen LogP contribution is -2.14. The summed E-state index contributed by atoms with van der Waals surface area (Å²) >= 11 is 5.93. The van der Waals surface area contributed by atoms with Crippen LogP contribution in [-0.2, 0) is 0 Å². The van der Waals surface area contributed by atoms with Gasteiger partial charge in [0.2, 0.25) is 5.88 Å². The zero-order valence-corrected chi connectivity index (χ0v) is 16.5. The highest BCUT2D eigenvalue weighted by Gasteiger charge is 2.16. The van der Waals surface area contributed by atoms with Crippen molar-refractivity contribution in [3.8, 4) is 17.4 Å². The van der Waals surface area contributed by atoms with Crippen LogP contribution < -0.4 is 10.1 Å². The molecule has 9 heteroatoms. The van der Waals surface area contributed by atoms with Gasteiger partial charge in [0.1, 0.15) is 29.5 Å². The summed E-state index contributed by atoms with van der Waals surface area (Å²) in [6.45, 7) is 1.76. The van der Waals surface area contributed by atoms with Gasteiger partial charge in [-0.15, -0.1) is 0 Å². The summed E-state index contributed by atoms with van der Waals surface area (Å²) in [5.74, 6) is 0.714. The maximum Gasteiger partial charge on any atom is 0.260 e. The Balaban J connectivity index is 1.49. The molecule has 2 heterocycles. The molecule has 1 N–H and O–H groups in total. The molecule has 1 amide bonds. The maximum absolute atomic E-state index is 13.9. The van der Waals surface area contributed by atoms with Gasteiger partial charge in [-0.1, -0.05) is 17.7 Å². The summed E-state index contributed by atoms with van der Waals surface area (Å²) in [7, 11) is 0. The first kappa shape index (κ1) is 19.5. The van der Waals surface area contributed by atoms with Crippen LogP contribution in [0.5, 0.6) is 11.6 Å². The van der Waals surface area contributed by atoms with Crippen molar-refractivity contribution >= 4 is 23.2 Å². The first-order valence-corrected chi connectivity index (χ1v) is 9.25. The molecule has 0 saturated heterocycles. The van der Waals surface area contributed by atoms with Gasteiger partial charge in [-0.3, -0.25) is 9.36 Å². The molecule has 7 nitrogen and oxygen atoms in total. The number of anilines is 1. The van der Waals surface area contributed by atoms with Crippen LogP contribution in [-0.4, -0.2) is 25.4 Å². The number of carbonyl (C=O) groups excluding carboxylic acids is 1. The lowest BCUT2D eigenvalue weighted by molar-refractivity contribution is 0.102. The van der Waals surface area contributed by atoms with Gasteiger partial charge in [-0.2, -0.15) is 4.98 Å². The van der Waals surface area contributed by atoms with E-state index in [0.29, 0.717) is 29.0 Å². The number of nitrogens with one attached hydrogen (secondary N) is 1. The van der Waals surface area contributed by atoms with Gasteiger partial charge in [-0.25, -0.2) is 14.4 Å². The molecule has 4 rings (SSSR count). The van der Waals surface area contributed by atoms with Gasteiger partial charge in [0.25, 0.3) is 5.91 Å². The zero-order chi connectivity index (χ0) is 21.1. The van der Waals surface area contributed by atoms with Crippen molar-refractivity contribution in [3.63, 3.8) is 0 Å². The normalized spacial score (nSPS) is 10.6. The molecule has 2 aromatic heterocycles. The summed E-state index contributed by atoms with van der Waals surface area (Å²) in [4.78, 5) is 25.0. The van der Waals surface area contributed by atoms with E-state index in [1.165, 1.54) is 18.2 Å². The second-order valence-corrected chi connectivity index (χ2v) is 6.67. The monoisotopic (exact) mass is 423 g/mol. The third kappa shape index (κ3) is 4.28. The molecule has 0 atom stereocenters. The highest BCUT2D eigenvalue weighted by Crippen LogP contribution is 2.24. The zero-order valence-electron chi connectivity index (χ0n) is 15.7. The van der Waals surface area contributed by atoms with E-state index in [1.807, 2.05) is 0 Å². The van der Waals surface area contributed by atoms with Gasteiger partial charge in [0, 0.05) is 24.1 Å². The minimum absolute atomic E-state index is 0.0419. The fourth-order valence-corrected chi connectivity index (χ4v) is 2.99. The Kier molecular flexibility index (Phi) is 5.40. The molecule has 4 aromatic rings. The minimum atomic E-state index is -0.687. The van der Waals surface area contributed by atoms with Gasteiger partial charge >= 0.3 is 0 Å². The Bertz CT molecular complexity index is 1180. The van der Waals surface area contributed by atoms with E-state index in [1.54, 1.807) is 60.5 Å². The molecule has 0 radical (unpaired) electrons. The fourth-order valence-electron chi connectivity index (χ4n) is 2.74. The van der Waals surface area contributed by atoms with Crippen LogP contribution in [0.25, 0.3) is 5.82 Å². The number of benzene rings is 2. The summed E-state index contributed by atoms with van der Waals surface area (Å²) in [6.07, 6.45) is 5.05. The Hall–Kier alpha value is -3.78. The number of imidazole rings is 1. The van der Waals surface area contributed by atoms with Crippen molar-refractivity contribution in [2.75, 3.05) is 5.32 Å². The number of nitrogens with zero attached hydrogens (tertiary/aromatic N) is 4. The number of ether oxygens (including phenoxy) is 1. The number of rotatable bonds is 5. The second kappa shape index (κ2) is 8.30. The first-order chi connectivity index (χ1) is 14.5. The van der Waals surface area contributed by atoms with Crippen molar-refractivity contribution in [2.24, 2.45) is 0 Å². The van der Waals surface area contributed by atoms with Gasteiger partial charge < -0.3 is 10.1 Å². The fraction of sp³-hybridized carbons (Fsp3) is 0.0476. The topological polar surface area (TPSA) is 81.9 Å². The number of amides is 1. The molecular weight excluding hydrogens is 409 g/mol. The molecule has 0 saturated carbocycles. The van der Waals surface area contributed by atoms with Crippen molar-refractivity contribution < 1.29 is 13.9 Å². The number of hydrogen-bond acceptors (Lipinski definition) is 5. The third-order valence-corrected chi connectivity index (χ3v) is 4.41. The van der Waals surface area contributed by atoms with E-state index in [4.69, 9.17) is 16.3 Å². The number of carbonyl (C=O) groups is 1. The summed E-state index contributed by atoms with van der Waals surface area (Å²) < 4.78 is 21.4. The predicted octanol–water partition coefficient (Wildman–Crippen LogP) is 4.81. The molecule has 0 spiro atoms. The van der Waals surface area contributed by atoms with E-state index in [0.717, 1.165) is 0 Å². The van der Waals surface area contributed by atoms with E-state index in [-0.39, 0.29) is 10.6 Å². The summed E-state index contributed by atoms with van der Waals surface area (Å²) in [5, 5.41) is 2.65. The quantitative estimate of drug-likeness (QED) is 0.498. The van der Waals surface area contributed by atoms with Gasteiger partial charge in [-0.05, 0) is 43.3 Å². The number of hydrogen-bond donors (Lipinski definition) is 1. The van der Waals surface area contributed by atoms with Crippen LogP contribution in [0.15, 0.2) is 67.3 Å². The number of aromatic nitrogens is 4. The van der Waals surface area contributed by atoms with Gasteiger partial charge in [0.05, 0.1) is 10.6 Å². The third-order valence-electron chi connectivity index (χ3n) is 4.09. The molecule has 0 aliphatic rings. The van der Waals surface area contributed by atoms with E-state index < -0.39 is 11.7 Å². The van der Waals surface area contributed by atoms with Crippen LogP contribution in [0.2, 0.25) is 5.02 Å². The molecule has 0 fully saturated rings. The summed E-state index contributed by atoms with van der Waals surface area (Å²) in [6, 6.07) is 12.3. The van der Waals surface area contributed by atoms with Crippen LogP contribution >= 0.6 is 11.6 Å². The second-order valence-electron chi connectivity index (χ2n) is 6.26. The smallest absolute Gasteiger partial charge is 0.260 e. The first-order valence-electron chi connectivity index (χ1n) is 8.87. The summed E-state index contributed by atoms with van der Waals surface area (Å²) in [5.41, 5.74) is 0.257. The average molecular weight is 424 g/mol. The predicted molar refractivity (Wildman–Crippen MR) is 110 cm³/mol. The highest BCUT2D eigenvalue weighted by atomic mass is 35.5. The maximum atomic E-state index is 13.9. The lowest BCUT2D eigenvalue weighted by Gasteiger charge is -2.10. The molecule has 0 aliphatic heterocycles. The Labute approximate surface area is 176 Å².